The molecule has 0 aromatic carbocycles. The van der Waals surface area contributed by atoms with Gasteiger partial charge in [0, 0.05) is 18.6 Å². The normalized spacial score (nSPS) is 20.3. The summed E-state index contributed by atoms with van der Waals surface area (Å²) in [4.78, 5) is 13.2. The van der Waals surface area contributed by atoms with E-state index in [4.69, 9.17) is 10.5 Å². The zero-order valence-electron chi connectivity index (χ0n) is 11.5. The van der Waals surface area contributed by atoms with Crippen molar-refractivity contribution in [2.45, 2.75) is 57.3 Å². The van der Waals surface area contributed by atoms with Crippen LogP contribution < -0.4 is 5.73 Å². The molecule has 7 heteroatoms. The zero-order valence-corrected chi connectivity index (χ0v) is 11.5. The molecule has 0 spiro atoms. The minimum atomic E-state index is -4.27. The highest BCUT2D eigenvalue weighted by atomic mass is 19.4. The van der Waals surface area contributed by atoms with E-state index in [2.05, 4.69) is 0 Å². The highest BCUT2D eigenvalue weighted by molar-refractivity contribution is 5.68. The molecule has 112 valence electrons. The molecule has 1 amide bonds. The fourth-order valence-electron chi connectivity index (χ4n) is 2.04. The largest absolute Gasteiger partial charge is 0.444 e. The van der Waals surface area contributed by atoms with Crippen molar-refractivity contribution < 1.29 is 22.7 Å². The molecule has 0 unspecified atom stereocenters. The molecule has 1 fully saturated rings. The number of ether oxygens (including phenoxy) is 1. The van der Waals surface area contributed by atoms with Gasteiger partial charge in [-0.3, -0.25) is 0 Å². The predicted molar refractivity (Wildman–Crippen MR) is 64.6 cm³/mol. The number of rotatable bonds is 1. The van der Waals surface area contributed by atoms with Crippen molar-refractivity contribution in [3.63, 3.8) is 0 Å². The average Bonchev–Trinajstić information content (AvgIpc) is 2.11. The highest BCUT2D eigenvalue weighted by Crippen LogP contribution is 2.33. The Morgan fingerprint density at radius 2 is 1.74 bits per heavy atom. The lowest BCUT2D eigenvalue weighted by atomic mass is 9.85. The minimum absolute atomic E-state index is 0.131. The summed E-state index contributed by atoms with van der Waals surface area (Å²) in [5, 5.41) is 0. The summed E-state index contributed by atoms with van der Waals surface area (Å²) in [6.45, 7) is 5.62. The third-order valence-electron chi connectivity index (χ3n) is 2.96. The van der Waals surface area contributed by atoms with Gasteiger partial charge in [0.2, 0.25) is 0 Å². The molecule has 2 N–H and O–H groups in total. The maximum atomic E-state index is 12.4. The third-order valence-corrected chi connectivity index (χ3v) is 2.96. The van der Waals surface area contributed by atoms with E-state index in [-0.39, 0.29) is 25.9 Å². The van der Waals surface area contributed by atoms with Gasteiger partial charge in [-0.25, -0.2) is 4.79 Å². The minimum Gasteiger partial charge on any atom is -0.444 e. The molecule has 19 heavy (non-hydrogen) atoms. The Labute approximate surface area is 111 Å². The fraction of sp³-hybridized carbons (Fsp3) is 0.917. The molecule has 4 nitrogen and oxygen atoms in total. The van der Waals surface area contributed by atoms with Gasteiger partial charge in [-0.15, -0.1) is 0 Å². The Balaban J connectivity index is 2.51. The summed E-state index contributed by atoms with van der Waals surface area (Å²) < 4.78 is 42.3. The third kappa shape index (κ3) is 5.67. The first-order valence-corrected chi connectivity index (χ1v) is 6.24. The molecule has 1 aliphatic heterocycles. The first-order valence-electron chi connectivity index (χ1n) is 6.24. The first kappa shape index (κ1) is 16.1. The van der Waals surface area contributed by atoms with E-state index in [1.807, 2.05) is 0 Å². The number of piperidine rings is 1. The van der Waals surface area contributed by atoms with Gasteiger partial charge in [0.25, 0.3) is 0 Å². The van der Waals surface area contributed by atoms with E-state index in [0.29, 0.717) is 0 Å². The van der Waals surface area contributed by atoms with Crippen molar-refractivity contribution in [1.29, 1.82) is 0 Å². The van der Waals surface area contributed by atoms with E-state index < -0.39 is 29.8 Å². The Hall–Kier alpha value is -0.980. The molecule has 1 rings (SSSR count). The molecule has 1 saturated heterocycles. The van der Waals surface area contributed by atoms with Crippen LogP contribution in [0.1, 0.15) is 40.0 Å². The van der Waals surface area contributed by atoms with E-state index >= 15 is 0 Å². The van der Waals surface area contributed by atoms with Crippen LogP contribution in [0.4, 0.5) is 18.0 Å². The molecule has 1 heterocycles. The molecule has 0 atom stereocenters. The van der Waals surface area contributed by atoms with Crippen LogP contribution in [-0.2, 0) is 4.74 Å². The van der Waals surface area contributed by atoms with Gasteiger partial charge in [0.15, 0.2) is 0 Å². The van der Waals surface area contributed by atoms with Crippen LogP contribution >= 0.6 is 0 Å². The quantitative estimate of drug-likeness (QED) is 0.804. The number of hydrogen-bond donors (Lipinski definition) is 1. The summed E-state index contributed by atoms with van der Waals surface area (Å²) >= 11 is 0. The summed E-state index contributed by atoms with van der Waals surface area (Å²) in [5.41, 5.74) is 3.86. The zero-order chi connectivity index (χ0) is 14.9. The number of alkyl halides is 3. The second-order valence-electron chi connectivity index (χ2n) is 6.12. The van der Waals surface area contributed by atoms with E-state index in [1.54, 1.807) is 20.8 Å². The van der Waals surface area contributed by atoms with Crippen LogP contribution in [0.25, 0.3) is 0 Å². The first-order chi connectivity index (χ1) is 8.40. The number of carbonyl (C=O) groups is 1. The van der Waals surface area contributed by atoms with Gasteiger partial charge in [-0.2, -0.15) is 13.2 Å². The molecule has 0 aliphatic carbocycles. The van der Waals surface area contributed by atoms with Crippen molar-refractivity contribution in [1.82, 2.24) is 4.90 Å². The second kappa shape index (κ2) is 5.19. The number of carbonyl (C=O) groups excluding carboxylic acids is 1. The highest BCUT2D eigenvalue weighted by Gasteiger charge is 2.42. The van der Waals surface area contributed by atoms with Crippen LogP contribution in [0.3, 0.4) is 0 Å². The number of nitrogens with zero attached hydrogens (tertiary/aromatic N) is 1. The topological polar surface area (TPSA) is 55.6 Å². The van der Waals surface area contributed by atoms with Crippen LogP contribution in [0.15, 0.2) is 0 Å². The second-order valence-corrected chi connectivity index (χ2v) is 6.12. The molecular formula is C12H21F3N2O2. The Morgan fingerprint density at radius 1 is 1.26 bits per heavy atom. The lowest BCUT2D eigenvalue weighted by Gasteiger charge is -2.39. The molecule has 0 saturated carbocycles. The lowest BCUT2D eigenvalue weighted by molar-refractivity contribution is -0.150. The lowest BCUT2D eigenvalue weighted by Crippen LogP contribution is -2.54. The molecule has 1 aliphatic rings. The molecular weight excluding hydrogens is 261 g/mol. The summed E-state index contributed by atoms with van der Waals surface area (Å²) in [6.07, 6.45) is -5.52. The van der Waals surface area contributed by atoms with E-state index in [0.717, 1.165) is 0 Å². The van der Waals surface area contributed by atoms with Crippen molar-refractivity contribution >= 4 is 6.09 Å². The molecule has 0 bridgehead atoms. The fourth-order valence-corrected chi connectivity index (χ4v) is 2.04. The Morgan fingerprint density at radius 3 is 2.11 bits per heavy atom. The average molecular weight is 282 g/mol. The van der Waals surface area contributed by atoms with Crippen LogP contribution in [0.5, 0.6) is 0 Å². The van der Waals surface area contributed by atoms with Crippen molar-refractivity contribution in [3.05, 3.63) is 0 Å². The smallest absolute Gasteiger partial charge is 0.410 e. The number of halogens is 3. The SMILES string of the molecule is CC(C)(C)OC(=O)N1CCC(N)(CC(F)(F)F)CC1. The van der Waals surface area contributed by atoms with Crippen molar-refractivity contribution in [2.75, 3.05) is 13.1 Å². The Kier molecular flexibility index (Phi) is 4.39. The van der Waals surface area contributed by atoms with Gasteiger partial charge in [-0.05, 0) is 33.6 Å². The molecule has 0 radical (unpaired) electrons. The molecule has 0 aromatic heterocycles. The van der Waals surface area contributed by atoms with Crippen LogP contribution in [0, 0.1) is 0 Å². The monoisotopic (exact) mass is 282 g/mol. The van der Waals surface area contributed by atoms with Gasteiger partial charge in [0.05, 0.1) is 6.42 Å². The summed E-state index contributed by atoms with van der Waals surface area (Å²) in [7, 11) is 0. The number of amides is 1. The van der Waals surface area contributed by atoms with Crippen LogP contribution in [-0.4, -0.2) is 41.4 Å². The van der Waals surface area contributed by atoms with E-state index in [9.17, 15) is 18.0 Å². The van der Waals surface area contributed by atoms with E-state index in [1.165, 1.54) is 4.90 Å². The number of hydrogen-bond acceptors (Lipinski definition) is 3. The van der Waals surface area contributed by atoms with Gasteiger partial charge < -0.3 is 15.4 Å². The summed E-state index contributed by atoms with van der Waals surface area (Å²) in [5.74, 6) is 0. The number of nitrogens with two attached hydrogens (primary N) is 1. The van der Waals surface area contributed by atoms with Crippen LogP contribution in [0.2, 0.25) is 0 Å². The maximum Gasteiger partial charge on any atom is 0.410 e. The maximum absolute atomic E-state index is 12.4. The summed E-state index contributed by atoms with van der Waals surface area (Å²) in [6, 6.07) is 0. The molecule has 0 aromatic rings. The predicted octanol–water partition coefficient (Wildman–Crippen LogP) is 2.67. The van der Waals surface area contributed by atoms with Crippen molar-refractivity contribution in [2.24, 2.45) is 5.73 Å². The van der Waals surface area contributed by atoms with Gasteiger partial charge in [0.1, 0.15) is 5.60 Å². The number of likely N-dealkylation sites (tertiary alicyclic amines) is 1. The van der Waals surface area contributed by atoms with Gasteiger partial charge in [-0.1, -0.05) is 0 Å². The van der Waals surface area contributed by atoms with Crippen molar-refractivity contribution in [3.8, 4) is 0 Å². The standard InChI is InChI=1S/C12H21F3N2O2/c1-10(2,3)19-9(18)17-6-4-11(16,5-7-17)8-12(13,14)15/h4-8,16H2,1-3H3. The Bertz CT molecular complexity index is 329. The van der Waals surface area contributed by atoms with Gasteiger partial charge >= 0.3 is 12.3 Å².